The molecule has 0 spiro atoms. The van der Waals surface area contributed by atoms with Crippen molar-refractivity contribution in [3.8, 4) is 5.75 Å². The van der Waals surface area contributed by atoms with Crippen LogP contribution in [-0.4, -0.2) is 54.3 Å². The first-order valence-corrected chi connectivity index (χ1v) is 7.98. The Bertz CT molecular complexity index is 528. The largest absolute Gasteiger partial charge is 0.494 e. The number of hydrogen-bond acceptors (Lipinski definition) is 4. The maximum atomic E-state index is 12.4. The van der Waals surface area contributed by atoms with Gasteiger partial charge in [-0.05, 0) is 30.7 Å². The van der Waals surface area contributed by atoms with E-state index in [1.165, 1.54) is 4.90 Å². The Morgan fingerprint density at radius 3 is 2.70 bits per heavy atom. The number of amides is 1. The first-order chi connectivity index (χ1) is 11.1. The third-order valence-corrected chi connectivity index (χ3v) is 3.75. The van der Waals surface area contributed by atoms with Crippen molar-refractivity contribution in [2.24, 2.45) is 0 Å². The Morgan fingerprint density at radius 1 is 1.30 bits per heavy atom. The van der Waals surface area contributed by atoms with E-state index in [1.54, 1.807) is 24.3 Å². The van der Waals surface area contributed by atoms with E-state index in [0.29, 0.717) is 18.7 Å². The van der Waals surface area contributed by atoms with E-state index in [9.17, 15) is 9.59 Å². The summed E-state index contributed by atoms with van der Waals surface area (Å²) in [6.45, 7) is 3.52. The van der Waals surface area contributed by atoms with E-state index >= 15 is 0 Å². The second-order valence-corrected chi connectivity index (χ2v) is 5.53. The quantitative estimate of drug-likeness (QED) is 0.779. The summed E-state index contributed by atoms with van der Waals surface area (Å²) >= 11 is 0. The van der Waals surface area contributed by atoms with E-state index < -0.39 is 12.1 Å². The molecule has 2 rings (SSSR count). The highest BCUT2D eigenvalue weighted by Crippen LogP contribution is 2.16. The number of morpholine rings is 1. The summed E-state index contributed by atoms with van der Waals surface area (Å²) in [5, 5.41) is 8.99. The number of carboxylic acids is 1. The highest BCUT2D eigenvalue weighted by molar-refractivity contribution is 5.94. The molecule has 1 amide bonds. The summed E-state index contributed by atoms with van der Waals surface area (Å²) in [6.07, 6.45) is 2.35. The highest BCUT2D eigenvalue weighted by Gasteiger charge is 2.29. The molecule has 126 valence electrons. The number of carbonyl (C=O) groups is 2. The average Bonchev–Trinajstić information content (AvgIpc) is 2.59. The van der Waals surface area contributed by atoms with Crippen molar-refractivity contribution in [3.63, 3.8) is 0 Å². The fraction of sp³-hybridized carbons (Fsp3) is 0.529. The smallest absolute Gasteiger partial charge is 0.334 e. The number of ether oxygens (including phenoxy) is 2. The Hall–Kier alpha value is -2.08. The van der Waals surface area contributed by atoms with Crippen molar-refractivity contribution >= 4 is 11.9 Å². The van der Waals surface area contributed by atoms with Gasteiger partial charge in [-0.1, -0.05) is 19.8 Å². The van der Waals surface area contributed by atoms with Crippen LogP contribution < -0.4 is 4.74 Å². The summed E-state index contributed by atoms with van der Waals surface area (Å²) in [5.74, 6) is -0.488. The van der Waals surface area contributed by atoms with Crippen LogP contribution in [0.5, 0.6) is 5.75 Å². The van der Waals surface area contributed by atoms with Crippen molar-refractivity contribution in [3.05, 3.63) is 29.8 Å². The summed E-state index contributed by atoms with van der Waals surface area (Å²) in [5.41, 5.74) is 0.525. The molecule has 0 bridgehead atoms. The molecule has 1 aliphatic rings. The Balaban J connectivity index is 1.90. The lowest BCUT2D eigenvalue weighted by molar-refractivity contribution is -0.154. The molecule has 0 aliphatic carbocycles. The van der Waals surface area contributed by atoms with Crippen LogP contribution in [0.4, 0.5) is 0 Å². The molecule has 6 heteroatoms. The van der Waals surface area contributed by atoms with Crippen LogP contribution >= 0.6 is 0 Å². The molecule has 0 saturated carbocycles. The van der Waals surface area contributed by atoms with E-state index in [0.717, 1.165) is 25.0 Å². The Kier molecular flexibility index (Phi) is 6.40. The third kappa shape index (κ3) is 4.96. The molecule has 1 saturated heterocycles. The van der Waals surface area contributed by atoms with Gasteiger partial charge in [0, 0.05) is 12.1 Å². The Morgan fingerprint density at radius 2 is 2.04 bits per heavy atom. The third-order valence-electron chi connectivity index (χ3n) is 3.75. The van der Waals surface area contributed by atoms with Crippen molar-refractivity contribution in [1.29, 1.82) is 0 Å². The molecule has 1 unspecified atom stereocenters. The standard InChI is InChI=1S/C17H23NO5/c1-2-3-4-10-22-14-7-5-13(6-8-14)16(19)18-9-11-23-15(12-18)17(20)21/h5-8,15H,2-4,9-12H2,1H3,(H,20,21). The maximum absolute atomic E-state index is 12.4. The molecule has 1 aliphatic heterocycles. The first kappa shape index (κ1) is 17.3. The monoisotopic (exact) mass is 321 g/mol. The van der Waals surface area contributed by atoms with Gasteiger partial charge in [0.1, 0.15) is 5.75 Å². The average molecular weight is 321 g/mol. The van der Waals surface area contributed by atoms with Crippen LogP contribution in [0, 0.1) is 0 Å². The van der Waals surface area contributed by atoms with Crippen molar-refractivity contribution < 1.29 is 24.2 Å². The zero-order chi connectivity index (χ0) is 16.7. The van der Waals surface area contributed by atoms with Crippen LogP contribution in [0.1, 0.15) is 36.5 Å². The van der Waals surface area contributed by atoms with Gasteiger partial charge in [0.2, 0.25) is 0 Å². The zero-order valence-corrected chi connectivity index (χ0v) is 13.4. The fourth-order valence-electron chi connectivity index (χ4n) is 2.40. The predicted octanol–water partition coefficient (Wildman–Crippen LogP) is 2.18. The predicted molar refractivity (Wildman–Crippen MR) is 84.7 cm³/mol. The van der Waals surface area contributed by atoms with Crippen molar-refractivity contribution in [2.45, 2.75) is 32.3 Å². The molecule has 0 radical (unpaired) electrons. The van der Waals surface area contributed by atoms with Gasteiger partial charge in [-0.2, -0.15) is 0 Å². The van der Waals surface area contributed by atoms with Gasteiger partial charge in [-0.15, -0.1) is 0 Å². The summed E-state index contributed by atoms with van der Waals surface area (Å²) in [4.78, 5) is 24.9. The Labute approximate surface area is 136 Å². The number of benzene rings is 1. The number of aliphatic carboxylic acids is 1. The van der Waals surface area contributed by atoms with Crippen LogP contribution in [0.25, 0.3) is 0 Å². The van der Waals surface area contributed by atoms with Crippen LogP contribution in [0.3, 0.4) is 0 Å². The highest BCUT2D eigenvalue weighted by atomic mass is 16.5. The van der Waals surface area contributed by atoms with E-state index in [4.69, 9.17) is 14.6 Å². The van der Waals surface area contributed by atoms with Crippen LogP contribution in [0.2, 0.25) is 0 Å². The van der Waals surface area contributed by atoms with Gasteiger partial charge in [-0.25, -0.2) is 4.79 Å². The molecule has 1 fully saturated rings. The molecule has 1 aromatic carbocycles. The molecule has 1 N–H and O–H groups in total. The van der Waals surface area contributed by atoms with Crippen molar-refractivity contribution in [2.75, 3.05) is 26.3 Å². The number of nitrogens with zero attached hydrogens (tertiary/aromatic N) is 1. The van der Waals surface area contributed by atoms with Gasteiger partial charge in [-0.3, -0.25) is 4.79 Å². The van der Waals surface area contributed by atoms with Crippen LogP contribution in [0.15, 0.2) is 24.3 Å². The lowest BCUT2D eigenvalue weighted by atomic mass is 10.1. The van der Waals surface area contributed by atoms with E-state index in [-0.39, 0.29) is 19.1 Å². The molecule has 23 heavy (non-hydrogen) atoms. The molecule has 1 aromatic rings. The fourth-order valence-corrected chi connectivity index (χ4v) is 2.40. The minimum Gasteiger partial charge on any atom is -0.494 e. The van der Waals surface area contributed by atoms with Gasteiger partial charge in [0.15, 0.2) is 6.10 Å². The minimum absolute atomic E-state index is 0.0729. The molecular weight excluding hydrogens is 298 g/mol. The number of hydrogen-bond donors (Lipinski definition) is 1. The number of rotatable bonds is 7. The van der Waals surface area contributed by atoms with Crippen molar-refractivity contribution in [1.82, 2.24) is 4.90 Å². The molecular formula is C17H23NO5. The van der Waals surface area contributed by atoms with E-state index in [2.05, 4.69) is 6.92 Å². The minimum atomic E-state index is -1.04. The first-order valence-electron chi connectivity index (χ1n) is 7.98. The van der Waals surface area contributed by atoms with Gasteiger partial charge < -0.3 is 19.5 Å². The topological polar surface area (TPSA) is 76.1 Å². The van der Waals surface area contributed by atoms with E-state index in [1.807, 2.05) is 0 Å². The number of unbranched alkanes of at least 4 members (excludes halogenated alkanes) is 2. The molecule has 1 heterocycles. The molecule has 1 atom stereocenters. The lowest BCUT2D eigenvalue weighted by Crippen LogP contribution is -2.48. The second kappa shape index (κ2) is 8.53. The van der Waals surface area contributed by atoms with Crippen LogP contribution in [-0.2, 0) is 9.53 Å². The summed E-state index contributed by atoms with van der Waals surface area (Å²) in [7, 11) is 0. The van der Waals surface area contributed by atoms with Gasteiger partial charge in [0.05, 0.1) is 19.8 Å². The molecule has 0 aromatic heterocycles. The summed E-state index contributed by atoms with van der Waals surface area (Å²) in [6, 6.07) is 6.97. The number of carbonyl (C=O) groups excluding carboxylic acids is 1. The van der Waals surface area contributed by atoms with Gasteiger partial charge in [0.25, 0.3) is 5.91 Å². The number of carboxylic acid groups (broad SMARTS) is 1. The SMILES string of the molecule is CCCCCOc1ccc(C(=O)N2CCOC(C(=O)O)C2)cc1. The lowest BCUT2D eigenvalue weighted by Gasteiger charge is -2.30. The normalized spacial score (nSPS) is 17.8. The zero-order valence-electron chi connectivity index (χ0n) is 13.4. The molecule has 6 nitrogen and oxygen atoms in total. The van der Waals surface area contributed by atoms with Gasteiger partial charge >= 0.3 is 5.97 Å². The summed E-state index contributed by atoms with van der Waals surface area (Å²) < 4.78 is 10.7. The second-order valence-electron chi connectivity index (χ2n) is 5.53. The maximum Gasteiger partial charge on any atom is 0.334 e.